The summed E-state index contributed by atoms with van der Waals surface area (Å²) < 4.78 is 14.9. The Bertz CT molecular complexity index is 865. The zero-order valence-corrected chi connectivity index (χ0v) is 12.4. The third-order valence-electron chi connectivity index (χ3n) is 3.90. The maximum Gasteiger partial charge on any atom is 0.248 e. The van der Waals surface area contributed by atoms with E-state index in [1.165, 1.54) is 17.7 Å². The van der Waals surface area contributed by atoms with Crippen molar-refractivity contribution in [2.75, 3.05) is 5.32 Å². The van der Waals surface area contributed by atoms with Gasteiger partial charge in [0.05, 0.1) is 0 Å². The second-order valence-corrected chi connectivity index (χ2v) is 5.51. The number of aryl methyl sites for hydroxylation is 1. The lowest BCUT2D eigenvalue weighted by atomic mass is 10.0. The lowest BCUT2D eigenvalue weighted by Gasteiger charge is -2.23. The molecule has 2 aromatic carbocycles. The van der Waals surface area contributed by atoms with Crippen molar-refractivity contribution in [3.63, 3.8) is 0 Å². The van der Waals surface area contributed by atoms with Crippen molar-refractivity contribution in [2.24, 2.45) is 0 Å². The van der Waals surface area contributed by atoms with Crippen LogP contribution in [0, 0.1) is 12.7 Å². The molecule has 1 N–H and O–H groups in total. The first-order chi connectivity index (χ1) is 11.2. The number of hydrogen-bond donors (Lipinski definition) is 1. The van der Waals surface area contributed by atoms with Crippen LogP contribution in [-0.2, 0) is 0 Å². The van der Waals surface area contributed by atoms with Crippen LogP contribution in [0.25, 0.3) is 5.70 Å². The zero-order valence-electron chi connectivity index (χ0n) is 12.4. The number of rotatable bonds is 2. The van der Waals surface area contributed by atoms with Gasteiger partial charge in [0.2, 0.25) is 5.95 Å². The molecule has 1 aliphatic rings. The first-order valence-corrected chi connectivity index (χ1v) is 7.30. The number of nitrogens with zero attached hydrogens (tertiary/aromatic N) is 4. The summed E-state index contributed by atoms with van der Waals surface area (Å²) in [5.74, 6) is 0.308. The van der Waals surface area contributed by atoms with Gasteiger partial charge in [0.15, 0.2) is 0 Å². The van der Waals surface area contributed by atoms with Crippen molar-refractivity contribution in [3.05, 3.63) is 77.1 Å². The van der Waals surface area contributed by atoms with Crippen LogP contribution >= 0.6 is 0 Å². The van der Waals surface area contributed by atoms with E-state index in [1.807, 2.05) is 6.08 Å². The average molecular weight is 307 g/mol. The molecule has 0 fully saturated rings. The quantitative estimate of drug-likeness (QED) is 0.790. The van der Waals surface area contributed by atoms with Gasteiger partial charge in [-0.3, -0.25) is 0 Å². The standard InChI is InChI=1S/C17H14FN5/c1-11-2-4-13(5-3-11)16-10-15(12-6-8-14(18)9-7-12)19-17-20-21-22-23(16)17/h2-10,16H,1H3,(H,19,20,22). The number of hydrogen-bond acceptors (Lipinski definition) is 4. The van der Waals surface area contributed by atoms with E-state index in [4.69, 9.17) is 0 Å². The monoisotopic (exact) mass is 307 g/mol. The van der Waals surface area contributed by atoms with Crippen LogP contribution in [0.4, 0.5) is 10.3 Å². The summed E-state index contributed by atoms with van der Waals surface area (Å²) in [5.41, 5.74) is 4.03. The molecule has 114 valence electrons. The summed E-state index contributed by atoms with van der Waals surface area (Å²) in [4.78, 5) is 0. The predicted octanol–water partition coefficient (Wildman–Crippen LogP) is 3.18. The van der Waals surface area contributed by atoms with Crippen molar-refractivity contribution in [2.45, 2.75) is 13.0 Å². The zero-order chi connectivity index (χ0) is 15.8. The first-order valence-electron chi connectivity index (χ1n) is 7.30. The van der Waals surface area contributed by atoms with Crippen LogP contribution in [-0.4, -0.2) is 20.2 Å². The predicted molar refractivity (Wildman–Crippen MR) is 85.1 cm³/mol. The Morgan fingerprint density at radius 3 is 2.52 bits per heavy atom. The molecule has 23 heavy (non-hydrogen) atoms. The van der Waals surface area contributed by atoms with Gasteiger partial charge >= 0.3 is 0 Å². The van der Waals surface area contributed by atoms with Gasteiger partial charge in [-0.15, -0.1) is 0 Å². The summed E-state index contributed by atoms with van der Waals surface area (Å²) in [6.07, 6.45) is 2.04. The molecular weight excluding hydrogens is 293 g/mol. The second kappa shape index (κ2) is 5.31. The van der Waals surface area contributed by atoms with Gasteiger partial charge in [-0.25, -0.2) is 4.39 Å². The van der Waals surface area contributed by atoms with Crippen LogP contribution < -0.4 is 5.32 Å². The molecule has 0 amide bonds. The Morgan fingerprint density at radius 1 is 1.04 bits per heavy atom. The molecule has 0 spiro atoms. The molecule has 5 nitrogen and oxygen atoms in total. The highest BCUT2D eigenvalue weighted by atomic mass is 19.1. The van der Waals surface area contributed by atoms with Gasteiger partial charge in [0.1, 0.15) is 11.9 Å². The van der Waals surface area contributed by atoms with Crippen molar-refractivity contribution in [1.82, 2.24) is 20.2 Å². The Balaban J connectivity index is 1.79. The number of tetrazole rings is 1. The minimum Gasteiger partial charge on any atom is -0.323 e. The highest BCUT2D eigenvalue weighted by molar-refractivity contribution is 5.76. The highest BCUT2D eigenvalue weighted by Crippen LogP contribution is 2.31. The first kappa shape index (κ1) is 13.6. The fraction of sp³-hybridized carbons (Fsp3) is 0.118. The highest BCUT2D eigenvalue weighted by Gasteiger charge is 2.24. The molecule has 2 heterocycles. The summed E-state index contributed by atoms with van der Waals surface area (Å²) in [7, 11) is 0. The summed E-state index contributed by atoms with van der Waals surface area (Å²) in [6, 6.07) is 14.5. The number of allylic oxidation sites excluding steroid dienone is 1. The Labute approximate surface area is 132 Å². The molecular formula is C17H14FN5. The Kier molecular flexibility index (Phi) is 3.15. The number of nitrogens with one attached hydrogen (secondary N) is 1. The van der Waals surface area contributed by atoms with Crippen molar-refractivity contribution < 1.29 is 4.39 Å². The van der Waals surface area contributed by atoms with Crippen LogP contribution in [0.5, 0.6) is 0 Å². The molecule has 4 rings (SSSR count). The number of halogens is 1. The lowest BCUT2D eigenvalue weighted by Crippen LogP contribution is -2.20. The van der Waals surface area contributed by atoms with E-state index in [9.17, 15) is 4.39 Å². The topological polar surface area (TPSA) is 55.6 Å². The van der Waals surface area contributed by atoms with E-state index in [0.717, 1.165) is 16.8 Å². The number of aromatic nitrogens is 4. The molecule has 1 aliphatic heterocycles. The van der Waals surface area contributed by atoms with Crippen molar-refractivity contribution >= 4 is 11.6 Å². The maximum atomic E-state index is 13.1. The van der Waals surface area contributed by atoms with Crippen LogP contribution in [0.15, 0.2) is 54.6 Å². The van der Waals surface area contributed by atoms with E-state index in [-0.39, 0.29) is 11.9 Å². The van der Waals surface area contributed by atoms with Gasteiger partial charge in [-0.1, -0.05) is 34.9 Å². The number of anilines is 1. The third-order valence-corrected chi connectivity index (χ3v) is 3.90. The minimum absolute atomic E-state index is 0.109. The molecule has 1 aromatic heterocycles. The van der Waals surface area contributed by atoms with Gasteiger partial charge in [-0.2, -0.15) is 4.68 Å². The van der Waals surface area contributed by atoms with E-state index in [2.05, 4.69) is 52.0 Å². The molecule has 3 aromatic rings. The summed E-state index contributed by atoms with van der Waals surface area (Å²) in [5, 5.41) is 15.0. The van der Waals surface area contributed by atoms with E-state index in [1.54, 1.807) is 16.8 Å². The van der Waals surface area contributed by atoms with Crippen LogP contribution in [0.2, 0.25) is 0 Å². The molecule has 6 heteroatoms. The summed E-state index contributed by atoms with van der Waals surface area (Å²) in [6.45, 7) is 2.05. The normalized spacial score (nSPS) is 16.4. The number of benzene rings is 2. The van der Waals surface area contributed by atoms with Gasteiger partial charge in [0.25, 0.3) is 0 Å². The van der Waals surface area contributed by atoms with Gasteiger partial charge < -0.3 is 5.32 Å². The fourth-order valence-corrected chi connectivity index (χ4v) is 2.65. The lowest BCUT2D eigenvalue weighted by molar-refractivity contribution is 0.585. The van der Waals surface area contributed by atoms with E-state index in [0.29, 0.717) is 5.95 Å². The van der Waals surface area contributed by atoms with Crippen molar-refractivity contribution in [3.8, 4) is 0 Å². The minimum atomic E-state index is -0.259. The smallest absolute Gasteiger partial charge is 0.248 e. The molecule has 0 aliphatic carbocycles. The van der Waals surface area contributed by atoms with Crippen molar-refractivity contribution in [1.29, 1.82) is 0 Å². The van der Waals surface area contributed by atoms with Gasteiger partial charge in [-0.05, 0) is 58.8 Å². The SMILES string of the molecule is Cc1ccc(C2C=C(c3ccc(F)cc3)Nc3nnnn32)cc1. The maximum absolute atomic E-state index is 13.1. The molecule has 0 saturated carbocycles. The molecule has 0 bridgehead atoms. The average Bonchev–Trinajstić information content (AvgIpc) is 3.04. The Hall–Kier alpha value is -3.02. The molecule has 0 radical (unpaired) electrons. The van der Waals surface area contributed by atoms with Crippen LogP contribution in [0.1, 0.15) is 22.7 Å². The summed E-state index contributed by atoms with van der Waals surface area (Å²) >= 11 is 0. The van der Waals surface area contributed by atoms with E-state index >= 15 is 0 Å². The Morgan fingerprint density at radius 2 is 1.78 bits per heavy atom. The third kappa shape index (κ3) is 2.48. The van der Waals surface area contributed by atoms with Gasteiger partial charge in [0, 0.05) is 5.70 Å². The van der Waals surface area contributed by atoms with Crippen LogP contribution in [0.3, 0.4) is 0 Å². The molecule has 1 atom stereocenters. The fourth-order valence-electron chi connectivity index (χ4n) is 2.65. The second-order valence-electron chi connectivity index (χ2n) is 5.51. The molecule has 0 saturated heterocycles. The molecule has 1 unspecified atom stereocenters. The van der Waals surface area contributed by atoms with E-state index < -0.39 is 0 Å². The largest absolute Gasteiger partial charge is 0.323 e. The number of fused-ring (bicyclic) bond motifs is 1.